The standard InChI is InChI=1S/C15H14ClNO5S/c1-21-12-5-3-4-11(9-12)17-23(19,20)14-8-10(15(18)22-2)6-7-13(14)16/h3-9,17H,1-2H3. The molecule has 0 fully saturated rings. The minimum Gasteiger partial charge on any atom is -0.497 e. The van der Waals surface area contributed by atoms with E-state index in [9.17, 15) is 13.2 Å². The quantitative estimate of drug-likeness (QED) is 0.834. The SMILES string of the molecule is COC(=O)c1ccc(Cl)c(S(=O)(=O)Nc2cccc(OC)c2)c1. The van der Waals surface area contributed by atoms with Crippen molar-refractivity contribution in [2.75, 3.05) is 18.9 Å². The molecule has 6 nitrogen and oxygen atoms in total. The highest BCUT2D eigenvalue weighted by molar-refractivity contribution is 7.92. The van der Waals surface area contributed by atoms with E-state index in [4.69, 9.17) is 16.3 Å². The lowest BCUT2D eigenvalue weighted by Crippen LogP contribution is -2.14. The van der Waals surface area contributed by atoms with Crippen LogP contribution in [0.3, 0.4) is 0 Å². The van der Waals surface area contributed by atoms with Crippen LogP contribution in [0.25, 0.3) is 0 Å². The molecule has 1 N–H and O–H groups in total. The predicted octanol–water partition coefficient (Wildman–Crippen LogP) is 2.94. The molecule has 0 saturated carbocycles. The van der Waals surface area contributed by atoms with Gasteiger partial charge in [0.05, 0.1) is 30.5 Å². The molecule has 0 aromatic heterocycles. The first kappa shape index (κ1) is 17.1. The van der Waals surface area contributed by atoms with Crippen molar-refractivity contribution < 1.29 is 22.7 Å². The Balaban J connectivity index is 2.40. The average molecular weight is 356 g/mol. The number of carbonyl (C=O) groups excluding carboxylic acids is 1. The van der Waals surface area contributed by atoms with E-state index in [-0.39, 0.29) is 15.5 Å². The Morgan fingerprint density at radius 2 is 1.87 bits per heavy atom. The maximum atomic E-state index is 12.5. The van der Waals surface area contributed by atoms with E-state index in [1.54, 1.807) is 18.2 Å². The van der Waals surface area contributed by atoms with E-state index in [1.165, 1.54) is 32.4 Å². The van der Waals surface area contributed by atoms with Crippen molar-refractivity contribution in [3.63, 3.8) is 0 Å². The zero-order valence-corrected chi connectivity index (χ0v) is 13.9. The summed E-state index contributed by atoms with van der Waals surface area (Å²) in [6.07, 6.45) is 0. The molecule has 2 aromatic carbocycles. The van der Waals surface area contributed by atoms with Crippen molar-refractivity contribution >= 4 is 33.3 Å². The molecule has 0 aliphatic rings. The monoisotopic (exact) mass is 355 g/mol. The maximum Gasteiger partial charge on any atom is 0.337 e. The van der Waals surface area contributed by atoms with Crippen LogP contribution in [0.5, 0.6) is 5.75 Å². The Morgan fingerprint density at radius 1 is 1.13 bits per heavy atom. The summed E-state index contributed by atoms with van der Waals surface area (Å²) in [6, 6.07) is 10.3. The molecule has 2 rings (SSSR count). The van der Waals surface area contributed by atoms with Crippen LogP contribution in [0.15, 0.2) is 47.4 Å². The van der Waals surface area contributed by atoms with E-state index in [1.807, 2.05) is 0 Å². The van der Waals surface area contributed by atoms with Crippen LogP contribution in [-0.4, -0.2) is 28.6 Å². The Hall–Kier alpha value is -2.25. The summed E-state index contributed by atoms with van der Waals surface area (Å²) in [5.74, 6) is -0.154. The van der Waals surface area contributed by atoms with Gasteiger partial charge in [-0.25, -0.2) is 13.2 Å². The van der Waals surface area contributed by atoms with Gasteiger partial charge in [-0.1, -0.05) is 17.7 Å². The van der Waals surface area contributed by atoms with Crippen molar-refractivity contribution in [1.82, 2.24) is 0 Å². The van der Waals surface area contributed by atoms with Crippen LogP contribution in [0, 0.1) is 0 Å². The molecule has 122 valence electrons. The fourth-order valence-electron chi connectivity index (χ4n) is 1.85. The Bertz CT molecular complexity index is 836. The van der Waals surface area contributed by atoms with E-state index in [0.29, 0.717) is 11.4 Å². The molecule has 0 unspecified atom stereocenters. The second-order valence-electron chi connectivity index (χ2n) is 4.47. The smallest absolute Gasteiger partial charge is 0.337 e. The van der Waals surface area contributed by atoms with Gasteiger partial charge in [-0.05, 0) is 30.3 Å². The maximum absolute atomic E-state index is 12.5. The molecule has 2 aromatic rings. The summed E-state index contributed by atoms with van der Waals surface area (Å²) in [6.45, 7) is 0. The molecule has 0 aliphatic carbocycles. The zero-order chi connectivity index (χ0) is 17.0. The van der Waals surface area contributed by atoms with Crippen LogP contribution in [0.1, 0.15) is 10.4 Å². The predicted molar refractivity (Wildman–Crippen MR) is 86.6 cm³/mol. The van der Waals surface area contributed by atoms with Gasteiger partial charge in [-0.2, -0.15) is 0 Å². The van der Waals surface area contributed by atoms with Gasteiger partial charge in [0, 0.05) is 6.07 Å². The summed E-state index contributed by atoms with van der Waals surface area (Å²) in [4.78, 5) is 11.3. The number of rotatable bonds is 5. The van der Waals surface area contributed by atoms with Gasteiger partial charge in [0.15, 0.2) is 0 Å². The average Bonchev–Trinajstić information content (AvgIpc) is 2.54. The van der Waals surface area contributed by atoms with Crippen LogP contribution in [-0.2, 0) is 14.8 Å². The van der Waals surface area contributed by atoms with Crippen LogP contribution >= 0.6 is 11.6 Å². The second kappa shape index (κ2) is 6.89. The number of ether oxygens (including phenoxy) is 2. The van der Waals surface area contributed by atoms with Crippen molar-refractivity contribution in [3.8, 4) is 5.75 Å². The highest BCUT2D eigenvalue weighted by Crippen LogP contribution is 2.26. The Kier molecular flexibility index (Phi) is 5.12. The lowest BCUT2D eigenvalue weighted by molar-refractivity contribution is 0.0600. The third kappa shape index (κ3) is 3.94. The number of esters is 1. The molecule has 8 heteroatoms. The van der Waals surface area contributed by atoms with Crippen molar-refractivity contribution in [3.05, 3.63) is 53.1 Å². The van der Waals surface area contributed by atoms with Gasteiger partial charge in [0.1, 0.15) is 10.6 Å². The van der Waals surface area contributed by atoms with Crippen molar-refractivity contribution in [2.24, 2.45) is 0 Å². The molecule has 0 spiro atoms. The van der Waals surface area contributed by atoms with Gasteiger partial charge >= 0.3 is 5.97 Å². The topological polar surface area (TPSA) is 81.7 Å². The molecular formula is C15H14ClNO5S. The van der Waals surface area contributed by atoms with Crippen LogP contribution < -0.4 is 9.46 Å². The third-order valence-corrected chi connectivity index (χ3v) is 4.83. The van der Waals surface area contributed by atoms with Crippen LogP contribution in [0.4, 0.5) is 5.69 Å². The van der Waals surface area contributed by atoms with Gasteiger partial charge in [0.25, 0.3) is 10.0 Å². The minimum atomic E-state index is -3.98. The Morgan fingerprint density at radius 3 is 2.52 bits per heavy atom. The fourth-order valence-corrected chi connectivity index (χ4v) is 3.43. The number of methoxy groups -OCH3 is 2. The summed E-state index contributed by atoms with van der Waals surface area (Å²) < 4.78 is 37.0. The lowest BCUT2D eigenvalue weighted by atomic mass is 10.2. The number of nitrogens with one attached hydrogen (secondary N) is 1. The van der Waals surface area contributed by atoms with Gasteiger partial charge in [0.2, 0.25) is 0 Å². The summed E-state index contributed by atoms with van der Waals surface area (Å²) in [5.41, 5.74) is 0.395. The lowest BCUT2D eigenvalue weighted by Gasteiger charge is -2.11. The van der Waals surface area contributed by atoms with E-state index in [2.05, 4.69) is 9.46 Å². The van der Waals surface area contributed by atoms with Crippen molar-refractivity contribution in [1.29, 1.82) is 0 Å². The number of hydrogen-bond donors (Lipinski definition) is 1. The first-order valence-electron chi connectivity index (χ1n) is 6.42. The molecule has 0 bridgehead atoms. The normalized spacial score (nSPS) is 10.9. The third-order valence-electron chi connectivity index (χ3n) is 2.96. The second-order valence-corrected chi connectivity index (χ2v) is 6.53. The van der Waals surface area contributed by atoms with E-state index < -0.39 is 16.0 Å². The summed E-state index contributed by atoms with van der Waals surface area (Å²) in [7, 11) is -1.29. The fraction of sp³-hybridized carbons (Fsp3) is 0.133. The van der Waals surface area contributed by atoms with Crippen molar-refractivity contribution in [2.45, 2.75) is 4.90 Å². The van der Waals surface area contributed by atoms with Gasteiger partial charge in [-0.3, -0.25) is 4.72 Å². The molecule has 0 amide bonds. The highest BCUT2D eigenvalue weighted by Gasteiger charge is 2.20. The number of hydrogen-bond acceptors (Lipinski definition) is 5. The molecular weight excluding hydrogens is 342 g/mol. The molecule has 0 saturated heterocycles. The number of sulfonamides is 1. The first-order valence-corrected chi connectivity index (χ1v) is 8.28. The molecule has 0 aliphatic heterocycles. The highest BCUT2D eigenvalue weighted by atomic mass is 35.5. The van der Waals surface area contributed by atoms with Gasteiger partial charge in [-0.15, -0.1) is 0 Å². The van der Waals surface area contributed by atoms with Crippen LogP contribution in [0.2, 0.25) is 5.02 Å². The zero-order valence-electron chi connectivity index (χ0n) is 12.4. The molecule has 0 atom stereocenters. The molecule has 0 radical (unpaired) electrons. The first-order chi connectivity index (χ1) is 10.9. The Labute approximate surface area is 139 Å². The summed E-state index contributed by atoms with van der Waals surface area (Å²) in [5, 5.41) is -0.00644. The largest absolute Gasteiger partial charge is 0.497 e. The number of halogens is 1. The molecule has 23 heavy (non-hydrogen) atoms. The minimum absolute atomic E-state index is 0.00644. The number of carbonyl (C=O) groups is 1. The number of anilines is 1. The molecule has 0 heterocycles. The summed E-state index contributed by atoms with van der Waals surface area (Å²) >= 11 is 5.96. The van der Waals surface area contributed by atoms with E-state index in [0.717, 1.165) is 6.07 Å². The number of benzene rings is 2. The van der Waals surface area contributed by atoms with E-state index >= 15 is 0 Å². The van der Waals surface area contributed by atoms with Gasteiger partial charge < -0.3 is 9.47 Å².